The molecule has 3 aromatic rings. The number of halogens is 1. The van der Waals surface area contributed by atoms with Gasteiger partial charge >= 0.3 is 0 Å². The standard InChI is InChI=1S/C21H16BrN3O4S/c1-29-19-11-10-18(24-21(26)15-4-2-14(13-23)3-5-15)12-20(19)30(27,28)25-17-8-6-16(22)7-9-17/h2-12,25H,1H3,(H,24,26). The summed E-state index contributed by atoms with van der Waals surface area (Å²) in [5.41, 5.74) is 1.43. The predicted molar refractivity (Wildman–Crippen MR) is 117 cm³/mol. The van der Waals surface area contributed by atoms with Gasteiger partial charge < -0.3 is 10.1 Å². The molecule has 0 aliphatic carbocycles. The van der Waals surface area contributed by atoms with Crippen molar-refractivity contribution in [3.8, 4) is 11.8 Å². The van der Waals surface area contributed by atoms with Gasteiger partial charge in [0.15, 0.2) is 0 Å². The van der Waals surface area contributed by atoms with Gasteiger partial charge in [0.2, 0.25) is 0 Å². The summed E-state index contributed by atoms with van der Waals surface area (Å²) in [6.45, 7) is 0. The number of hydrogen-bond donors (Lipinski definition) is 2. The molecule has 0 aliphatic rings. The van der Waals surface area contributed by atoms with E-state index in [2.05, 4.69) is 26.0 Å². The van der Waals surface area contributed by atoms with E-state index in [0.717, 1.165) is 4.47 Å². The molecular weight excluding hydrogens is 470 g/mol. The van der Waals surface area contributed by atoms with Gasteiger partial charge in [-0.2, -0.15) is 5.26 Å². The molecule has 30 heavy (non-hydrogen) atoms. The van der Waals surface area contributed by atoms with Crippen LogP contribution in [0.4, 0.5) is 11.4 Å². The highest BCUT2D eigenvalue weighted by atomic mass is 79.9. The first-order valence-corrected chi connectivity index (χ1v) is 10.9. The normalized spacial score (nSPS) is 10.7. The summed E-state index contributed by atoms with van der Waals surface area (Å²) < 4.78 is 34.3. The number of hydrogen-bond acceptors (Lipinski definition) is 5. The molecule has 1 amide bonds. The number of nitriles is 1. The number of sulfonamides is 1. The van der Waals surface area contributed by atoms with Gasteiger partial charge in [-0.1, -0.05) is 15.9 Å². The van der Waals surface area contributed by atoms with Crippen LogP contribution in [0.25, 0.3) is 0 Å². The van der Waals surface area contributed by atoms with Gasteiger partial charge in [0.1, 0.15) is 10.6 Å². The number of nitrogens with zero attached hydrogens (tertiary/aromatic N) is 1. The van der Waals surface area contributed by atoms with E-state index in [0.29, 0.717) is 16.8 Å². The van der Waals surface area contributed by atoms with Crippen molar-refractivity contribution >= 4 is 43.2 Å². The molecule has 0 fully saturated rings. The summed E-state index contributed by atoms with van der Waals surface area (Å²) in [7, 11) is -2.61. The van der Waals surface area contributed by atoms with Crippen LogP contribution in [-0.2, 0) is 10.0 Å². The lowest BCUT2D eigenvalue weighted by Gasteiger charge is -2.14. The van der Waals surface area contributed by atoms with Gasteiger partial charge in [-0.05, 0) is 66.7 Å². The Morgan fingerprint density at radius 1 is 1.00 bits per heavy atom. The van der Waals surface area contributed by atoms with Crippen LogP contribution in [0.1, 0.15) is 15.9 Å². The molecule has 0 bridgehead atoms. The largest absolute Gasteiger partial charge is 0.495 e. The number of amides is 1. The van der Waals surface area contributed by atoms with Gasteiger partial charge in [-0.3, -0.25) is 9.52 Å². The van der Waals surface area contributed by atoms with E-state index in [4.69, 9.17) is 10.00 Å². The molecule has 152 valence electrons. The number of carbonyl (C=O) groups excluding carboxylic acids is 1. The van der Waals surface area contributed by atoms with Crippen molar-refractivity contribution < 1.29 is 17.9 Å². The second-order valence-electron chi connectivity index (χ2n) is 6.12. The topological polar surface area (TPSA) is 108 Å². The number of carbonyl (C=O) groups is 1. The molecule has 0 aromatic heterocycles. The van der Waals surface area contributed by atoms with Gasteiger partial charge in [-0.25, -0.2) is 8.42 Å². The summed E-state index contributed by atoms with van der Waals surface area (Å²) in [5.74, 6) is -0.301. The molecule has 0 unspecified atom stereocenters. The molecule has 9 heteroatoms. The average Bonchev–Trinajstić information content (AvgIpc) is 2.75. The Kier molecular flexibility index (Phi) is 6.40. The predicted octanol–water partition coefficient (Wildman–Crippen LogP) is 4.38. The fourth-order valence-electron chi connectivity index (χ4n) is 2.59. The van der Waals surface area contributed by atoms with Crippen LogP contribution < -0.4 is 14.8 Å². The molecule has 7 nitrogen and oxygen atoms in total. The Hall–Kier alpha value is -3.35. The molecule has 2 N–H and O–H groups in total. The lowest BCUT2D eigenvalue weighted by atomic mass is 10.1. The Bertz CT molecular complexity index is 1220. The van der Waals surface area contributed by atoms with Crippen molar-refractivity contribution in [2.45, 2.75) is 4.90 Å². The van der Waals surface area contributed by atoms with E-state index in [9.17, 15) is 13.2 Å². The molecule has 0 saturated carbocycles. The van der Waals surface area contributed by atoms with E-state index in [1.165, 1.54) is 43.5 Å². The first-order chi connectivity index (χ1) is 14.3. The first-order valence-electron chi connectivity index (χ1n) is 8.60. The number of anilines is 2. The molecule has 0 radical (unpaired) electrons. The zero-order valence-corrected chi connectivity index (χ0v) is 18.1. The van der Waals surface area contributed by atoms with Crippen molar-refractivity contribution in [2.24, 2.45) is 0 Å². The van der Waals surface area contributed by atoms with Gasteiger partial charge in [0.05, 0.1) is 18.7 Å². The van der Waals surface area contributed by atoms with Gasteiger partial charge in [0, 0.05) is 21.4 Å². The quantitative estimate of drug-likeness (QED) is 0.538. The minimum atomic E-state index is -3.98. The number of nitrogens with one attached hydrogen (secondary N) is 2. The van der Waals surface area contributed by atoms with Crippen LogP contribution in [0.3, 0.4) is 0 Å². The Morgan fingerprint density at radius 2 is 1.63 bits per heavy atom. The second kappa shape index (κ2) is 8.98. The highest BCUT2D eigenvalue weighted by Crippen LogP contribution is 2.29. The van der Waals surface area contributed by atoms with Crippen molar-refractivity contribution in [3.63, 3.8) is 0 Å². The summed E-state index contributed by atoms with van der Waals surface area (Å²) in [6, 6.07) is 19.1. The minimum Gasteiger partial charge on any atom is -0.495 e. The molecule has 3 aromatic carbocycles. The van der Waals surface area contributed by atoms with E-state index in [-0.39, 0.29) is 16.3 Å². The number of methoxy groups -OCH3 is 1. The van der Waals surface area contributed by atoms with Crippen molar-refractivity contribution in [1.82, 2.24) is 0 Å². The third-order valence-electron chi connectivity index (χ3n) is 4.08. The van der Waals surface area contributed by atoms with Crippen molar-refractivity contribution in [2.75, 3.05) is 17.1 Å². The minimum absolute atomic E-state index is 0.120. The van der Waals surface area contributed by atoms with Crippen LogP contribution in [0, 0.1) is 11.3 Å². The summed E-state index contributed by atoms with van der Waals surface area (Å²) >= 11 is 3.30. The molecule has 0 saturated heterocycles. The van der Waals surface area contributed by atoms with Crippen LogP contribution in [0.2, 0.25) is 0 Å². The highest BCUT2D eigenvalue weighted by Gasteiger charge is 2.21. The lowest BCUT2D eigenvalue weighted by Crippen LogP contribution is -2.16. The zero-order chi connectivity index (χ0) is 21.7. The number of ether oxygens (including phenoxy) is 1. The average molecular weight is 486 g/mol. The van der Waals surface area contributed by atoms with Gasteiger partial charge in [0.25, 0.3) is 15.9 Å². The van der Waals surface area contributed by atoms with Crippen LogP contribution in [-0.4, -0.2) is 21.4 Å². The smallest absolute Gasteiger partial charge is 0.265 e. The van der Waals surface area contributed by atoms with Gasteiger partial charge in [-0.15, -0.1) is 0 Å². The van der Waals surface area contributed by atoms with E-state index in [1.807, 2.05) is 6.07 Å². The van der Waals surface area contributed by atoms with Crippen LogP contribution in [0.15, 0.2) is 76.1 Å². The Balaban J connectivity index is 1.87. The van der Waals surface area contributed by atoms with Crippen molar-refractivity contribution in [1.29, 1.82) is 5.26 Å². The molecule has 0 spiro atoms. The Morgan fingerprint density at radius 3 is 2.23 bits per heavy atom. The van der Waals surface area contributed by atoms with E-state index < -0.39 is 15.9 Å². The second-order valence-corrected chi connectivity index (χ2v) is 8.69. The molecule has 0 aliphatic heterocycles. The van der Waals surface area contributed by atoms with Crippen LogP contribution in [0.5, 0.6) is 5.75 Å². The van der Waals surface area contributed by atoms with Crippen molar-refractivity contribution in [3.05, 3.63) is 82.3 Å². The summed E-state index contributed by atoms with van der Waals surface area (Å²) in [6.07, 6.45) is 0. The molecule has 0 atom stereocenters. The fraction of sp³-hybridized carbons (Fsp3) is 0.0476. The molecular formula is C21H16BrN3O4S. The maximum atomic E-state index is 12.9. The molecule has 0 heterocycles. The third kappa shape index (κ3) is 4.97. The molecule has 3 rings (SSSR count). The monoisotopic (exact) mass is 485 g/mol. The fourth-order valence-corrected chi connectivity index (χ4v) is 4.11. The highest BCUT2D eigenvalue weighted by molar-refractivity contribution is 9.10. The Labute approximate surface area is 182 Å². The van der Waals surface area contributed by atoms with E-state index >= 15 is 0 Å². The third-order valence-corrected chi connectivity index (χ3v) is 6.01. The number of benzene rings is 3. The van der Waals surface area contributed by atoms with Crippen LogP contribution >= 0.6 is 15.9 Å². The maximum absolute atomic E-state index is 12.9. The number of rotatable bonds is 6. The van der Waals surface area contributed by atoms with E-state index in [1.54, 1.807) is 30.3 Å². The zero-order valence-electron chi connectivity index (χ0n) is 15.7. The lowest BCUT2D eigenvalue weighted by molar-refractivity contribution is 0.102. The first kappa shape index (κ1) is 21.4. The summed E-state index contributed by atoms with van der Waals surface area (Å²) in [5, 5.41) is 11.5. The summed E-state index contributed by atoms with van der Waals surface area (Å²) in [4.78, 5) is 12.3. The maximum Gasteiger partial charge on any atom is 0.265 e. The SMILES string of the molecule is COc1ccc(NC(=O)c2ccc(C#N)cc2)cc1S(=O)(=O)Nc1ccc(Br)cc1.